The van der Waals surface area contributed by atoms with E-state index in [1.54, 1.807) is 0 Å². The first-order valence-corrected chi connectivity index (χ1v) is 15.4. The molecule has 0 fully saturated rings. The maximum atomic E-state index is 10.1. The largest absolute Gasteiger partial charge is 2.00 e. The van der Waals surface area contributed by atoms with Gasteiger partial charge in [-0.1, -0.05) is 143 Å². The summed E-state index contributed by atoms with van der Waals surface area (Å²) in [7, 11) is 0. The maximum Gasteiger partial charge on any atom is 2.00 e. The minimum Gasteiger partial charge on any atom is -0.550 e. The van der Waals surface area contributed by atoms with E-state index in [0.717, 1.165) is 38.5 Å². The molecule has 4 nitrogen and oxygen atoms in total. The van der Waals surface area contributed by atoms with E-state index in [2.05, 4.69) is 41.5 Å². The van der Waals surface area contributed by atoms with Crippen LogP contribution < -0.4 is 10.2 Å². The van der Waals surface area contributed by atoms with Gasteiger partial charge in [0.05, 0.1) is 0 Å². The van der Waals surface area contributed by atoms with Gasteiger partial charge in [-0.25, -0.2) is 0 Å². The minimum absolute atomic E-state index is 0. The van der Waals surface area contributed by atoms with E-state index in [1.807, 2.05) is 0 Å². The van der Waals surface area contributed by atoms with Crippen LogP contribution in [0.15, 0.2) is 0 Å². The Labute approximate surface area is 243 Å². The summed E-state index contributed by atoms with van der Waals surface area (Å²) >= 11 is 0. The van der Waals surface area contributed by atoms with Gasteiger partial charge >= 0.3 is 16.8 Å². The van der Waals surface area contributed by atoms with Crippen molar-refractivity contribution < 1.29 is 36.6 Å². The van der Waals surface area contributed by atoms with Gasteiger partial charge < -0.3 is 33.6 Å². The molecule has 37 heavy (non-hydrogen) atoms. The summed E-state index contributed by atoms with van der Waals surface area (Å²) in [6.07, 6.45) is 26.9. The topological polar surface area (TPSA) is 80.3 Å². The van der Waals surface area contributed by atoms with Crippen molar-refractivity contribution >= 4 is 11.9 Å². The average molecular weight is 572 g/mol. The second kappa shape index (κ2) is 48.5. The van der Waals surface area contributed by atoms with Crippen molar-refractivity contribution in [1.29, 1.82) is 0 Å². The zero-order valence-corrected chi connectivity index (χ0v) is 26.4. The van der Waals surface area contributed by atoms with Crippen LogP contribution in [0.4, 0.5) is 0 Å². The molecule has 0 amide bonds. The standard InChI is InChI=1S/2C12H24O2.2C4H9.Co/c2*1-2-3-4-5-6-7-8-9-10-11-12(13)14;2*1-3-4-2;/h2*2-11H2,1H3,(H,13,14);2*1,3-4H2,2H3;/q;;2*-1;+2/p-2. The van der Waals surface area contributed by atoms with Crippen molar-refractivity contribution in [3.05, 3.63) is 13.8 Å². The van der Waals surface area contributed by atoms with Gasteiger partial charge in [-0.3, -0.25) is 0 Å². The van der Waals surface area contributed by atoms with Crippen LogP contribution in [-0.2, 0) is 26.4 Å². The van der Waals surface area contributed by atoms with E-state index >= 15 is 0 Å². The average Bonchev–Trinajstić information content (AvgIpc) is 2.87. The van der Waals surface area contributed by atoms with Gasteiger partial charge in [0.15, 0.2) is 0 Å². The van der Waals surface area contributed by atoms with E-state index in [1.165, 1.54) is 103 Å². The number of hydrogen-bond donors (Lipinski definition) is 0. The van der Waals surface area contributed by atoms with Gasteiger partial charge in [0.25, 0.3) is 0 Å². The third-order valence-corrected chi connectivity index (χ3v) is 5.68. The Balaban J connectivity index is -0.000000140. The number of aliphatic carboxylic acids is 2. The quantitative estimate of drug-likeness (QED) is 0.0963. The van der Waals surface area contributed by atoms with Crippen molar-refractivity contribution in [3.8, 4) is 0 Å². The van der Waals surface area contributed by atoms with Gasteiger partial charge in [0.2, 0.25) is 0 Å². The van der Waals surface area contributed by atoms with E-state index in [0.29, 0.717) is 0 Å². The molecule has 0 aromatic rings. The first kappa shape index (κ1) is 46.3. The van der Waals surface area contributed by atoms with Crippen molar-refractivity contribution in [2.24, 2.45) is 0 Å². The maximum absolute atomic E-state index is 10.1. The third kappa shape index (κ3) is 72.1. The van der Waals surface area contributed by atoms with Crippen molar-refractivity contribution in [2.45, 2.75) is 182 Å². The van der Waals surface area contributed by atoms with E-state index in [4.69, 9.17) is 0 Å². The zero-order chi connectivity index (χ0) is 28.1. The SMILES string of the molecule is CCCCCCCCCCCC(=O)[O-].CCCCCCCCCCCC(=O)[O-].[CH2-]CCC.[CH2-]CCC.[Co+2]. The minimum atomic E-state index is -0.909. The van der Waals surface area contributed by atoms with Gasteiger partial charge in [-0.15, -0.1) is 0 Å². The Morgan fingerprint density at radius 2 is 0.622 bits per heavy atom. The van der Waals surface area contributed by atoms with Crippen LogP contribution in [0, 0.1) is 13.8 Å². The molecule has 0 aliphatic heterocycles. The molecule has 5 heteroatoms. The fourth-order valence-corrected chi connectivity index (χ4v) is 3.16. The van der Waals surface area contributed by atoms with E-state index < -0.39 is 11.9 Å². The van der Waals surface area contributed by atoms with Crippen LogP contribution in [0.25, 0.3) is 0 Å². The summed E-state index contributed by atoms with van der Waals surface area (Å²) in [5.74, 6) is -1.82. The molecule has 0 unspecified atom stereocenters. The fraction of sp³-hybridized carbons (Fsp3) is 0.875. The molecule has 0 aromatic carbocycles. The van der Waals surface area contributed by atoms with E-state index in [9.17, 15) is 19.8 Å². The molecule has 0 atom stereocenters. The molecule has 0 heterocycles. The van der Waals surface area contributed by atoms with Gasteiger partial charge in [0.1, 0.15) is 0 Å². The monoisotopic (exact) mass is 571 g/mol. The molecule has 0 aliphatic rings. The number of carboxylic acids is 2. The molecular formula is C32H64CoO4-2. The van der Waals surface area contributed by atoms with Crippen LogP contribution in [0.3, 0.4) is 0 Å². The van der Waals surface area contributed by atoms with Gasteiger partial charge in [-0.05, 0) is 25.7 Å². The number of carboxylic acid groups (broad SMARTS) is 2. The zero-order valence-electron chi connectivity index (χ0n) is 25.4. The Morgan fingerprint density at radius 1 is 0.432 bits per heavy atom. The molecule has 0 saturated carbocycles. The molecule has 1 radical (unpaired) electrons. The summed E-state index contributed by atoms with van der Waals surface area (Å²) in [4.78, 5) is 20.2. The van der Waals surface area contributed by atoms with Crippen LogP contribution in [0.5, 0.6) is 0 Å². The Kier molecular flexibility index (Phi) is 60.7. The van der Waals surface area contributed by atoms with Crippen molar-refractivity contribution in [1.82, 2.24) is 0 Å². The van der Waals surface area contributed by atoms with Crippen molar-refractivity contribution in [3.63, 3.8) is 0 Å². The van der Waals surface area contributed by atoms with Crippen LogP contribution in [0.2, 0.25) is 0 Å². The summed E-state index contributed by atoms with van der Waals surface area (Å²) in [5, 5.41) is 20.2. The first-order chi connectivity index (χ1) is 17.4. The Bertz CT molecular complexity index is 349. The molecule has 0 spiro atoms. The molecular weight excluding hydrogens is 507 g/mol. The number of carbonyl (C=O) groups is 2. The normalized spacial score (nSPS) is 9.46. The third-order valence-electron chi connectivity index (χ3n) is 5.68. The summed E-state index contributed by atoms with van der Waals surface area (Å²) < 4.78 is 0. The van der Waals surface area contributed by atoms with Gasteiger partial charge in [-0.2, -0.15) is 12.8 Å². The molecule has 0 bridgehead atoms. The predicted octanol–water partition coefficient (Wildman–Crippen LogP) is 8.55. The molecule has 227 valence electrons. The summed E-state index contributed by atoms with van der Waals surface area (Å²) in [6.45, 7) is 15.9. The molecule has 0 aliphatic carbocycles. The van der Waals surface area contributed by atoms with Crippen molar-refractivity contribution in [2.75, 3.05) is 0 Å². The smallest absolute Gasteiger partial charge is 0.550 e. The number of carbonyl (C=O) groups excluding carboxylic acids is 2. The predicted molar refractivity (Wildman–Crippen MR) is 154 cm³/mol. The molecule has 0 saturated heterocycles. The Hall–Kier alpha value is -0.554. The van der Waals surface area contributed by atoms with E-state index in [-0.39, 0.29) is 29.6 Å². The van der Waals surface area contributed by atoms with Crippen LogP contribution in [0.1, 0.15) is 182 Å². The number of unbranched alkanes of at least 4 members (excludes halogenated alkanes) is 18. The molecule has 0 N–H and O–H groups in total. The Morgan fingerprint density at radius 3 is 0.784 bits per heavy atom. The summed E-state index contributed by atoms with van der Waals surface area (Å²) in [6, 6.07) is 0. The fourth-order valence-electron chi connectivity index (χ4n) is 3.16. The number of rotatable bonds is 22. The van der Waals surface area contributed by atoms with Crippen LogP contribution >= 0.6 is 0 Å². The molecule has 0 rings (SSSR count). The second-order valence-corrected chi connectivity index (χ2v) is 9.61. The number of hydrogen-bond acceptors (Lipinski definition) is 4. The second-order valence-electron chi connectivity index (χ2n) is 9.61. The van der Waals surface area contributed by atoms with Crippen LogP contribution in [-0.4, -0.2) is 11.9 Å². The summed E-state index contributed by atoms with van der Waals surface area (Å²) in [5.41, 5.74) is 0. The first-order valence-electron chi connectivity index (χ1n) is 15.4. The molecule has 0 aromatic heterocycles. The van der Waals surface area contributed by atoms with Gasteiger partial charge in [0, 0.05) is 11.9 Å².